The Morgan fingerprint density at radius 1 is 0.827 bits per heavy atom. The van der Waals surface area contributed by atoms with Crippen LogP contribution in [0, 0.1) is 5.92 Å². The molecule has 0 amide bonds. The number of allylic oxidation sites excluding steroid dienone is 7. The molecule has 3 aromatic rings. The molecule has 1 saturated heterocycles. The van der Waals surface area contributed by atoms with Crippen molar-refractivity contribution in [1.82, 2.24) is 0 Å². The first-order valence-corrected chi connectivity index (χ1v) is 24.7. The van der Waals surface area contributed by atoms with Gasteiger partial charge in [-0.15, -0.1) is 5.75 Å². The van der Waals surface area contributed by atoms with Gasteiger partial charge in [0, 0.05) is 10.9 Å². The monoisotopic (exact) mass is 824 g/mol. The summed E-state index contributed by atoms with van der Waals surface area (Å²) in [5.74, 6) is 0.826. The molecule has 5 heteroatoms. The van der Waals surface area contributed by atoms with Gasteiger partial charge in [0.05, 0.1) is 0 Å². The van der Waals surface area contributed by atoms with Crippen LogP contribution in [0.25, 0.3) is 17.2 Å². The molecule has 0 spiro atoms. The van der Waals surface area contributed by atoms with Crippen molar-refractivity contribution in [1.29, 1.82) is 0 Å². The molecule has 0 bridgehead atoms. The fourth-order valence-electron chi connectivity index (χ4n) is 8.09. The van der Waals surface area contributed by atoms with E-state index in [1.165, 1.54) is 47.1 Å². The Balaban J connectivity index is 0.000000158. The Kier molecular flexibility index (Phi) is 12.2. The number of thioether (sulfide) groups is 1. The van der Waals surface area contributed by atoms with E-state index in [0.29, 0.717) is 8.65 Å². The summed E-state index contributed by atoms with van der Waals surface area (Å²) < 4.78 is 0.658. The third-order valence-corrected chi connectivity index (χ3v) is 18.4. The van der Waals surface area contributed by atoms with Crippen molar-refractivity contribution >= 4 is 37.5 Å². The molecule has 1 fully saturated rings. The van der Waals surface area contributed by atoms with E-state index in [1.807, 2.05) is 32.0 Å². The normalized spacial score (nSPS) is 19.7. The van der Waals surface area contributed by atoms with Gasteiger partial charge in [-0.3, -0.25) is 0 Å². The molecule has 2 aliphatic heterocycles. The van der Waals surface area contributed by atoms with E-state index in [4.69, 9.17) is 11.6 Å². The molecule has 7 rings (SSSR count). The van der Waals surface area contributed by atoms with Gasteiger partial charge in [0.25, 0.3) is 0 Å². The van der Waals surface area contributed by atoms with Gasteiger partial charge in [0.2, 0.25) is 0 Å². The van der Waals surface area contributed by atoms with Gasteiger partial charge in [-0.1, -0.05) is 120 Å². The van der Waals surface area contributed by atoms with E-state index in [0.717, 1.165) is 17.0 Å². The average molecular weight is 827 g/mol. The standard InChI is InChI=1S/C22H25.C14H21ClO.C11H14SSi.Zr/c1-5-7-16-14-18-8-6-9-20(21(18)15-16)17-10-12-19(13-11-17)22(2,3)4;1-13(2,3)9-7-8-10(16)11(12(9)15)14(4,5)6;1-4-7-11-10-8(12-7)5-6-9(10)13(11,2)3;/h6,8-15H,5,7H2,1-4H3;7-8,16H,1-6H3;5-6,10H,4H2,1-3H3;/q;;;+1/p-1. The van der Waals surface area contributed by atoms with Crippen LogP contribution in [-0.2, 0) is 41.0 Å². The van der Waals surface area contributed by atoms with Crippen molar-refractivity contribution in [3.05, 3.63) is 125 Å². The number of halogens is 1. The number of rotatable bonds is 4. The molecular formula is C47H59ClOSSiZr. The zero-order valence-electron chi connectivity index (χ0n) is 33.9. The van der Waals surface area contributed by atoms with Crippen LogP contribution in [0.1, 0.15) is 127 Å². The van der Waals surface area contributed by atoms with E-state index < -0.39 is 8.07 Å². The Bertz CT molecular complexity index is 1960. The number of benzene rings is 3. The van der Waals surface area contributed by atoms with Crippen LogP contribution in [0.3, 0.4) is 0 Å². The molecule has 2 heterocycles. The minimum absolute atomic E-state index is 0.0329. The average Bonchev–Trinajstić information content (AvgIpc) is 3.69. The van der Waals surface area contributed by atoms with Crippen molar-refractivity contribution in [3.63, 3.8) is 0 Å². The van der Waals surface area contributed by atoms with Crippen LogP contribution in [0.5, 0.6) is 5.75 Å². The van der Waals surface area contributed by atoms with Gasteiger partial charge in [-0.25, -0.2) is 0 Å². The van der Waals surface area contributed by atoms with Gasteiger partial charge in [-0.05, 0) is 38.2 Å². The van der Waals surface area contributed by atoms with Crippen LogP contribution in [-0.4, -0.2) is 8.07 Å². The van der Waals surface area contributed by atoms with Crippen molar-refractivity contribution in [2.75, 3.05) is 0 Å². The summed E-state index contributed by atoms with van der Waals surface area (Å²) in [5, 5.41) is 16.2. The Morgan fingerprint density at radius 2 is 1.48 bits per heavy atom. The van der Waals surface area contributed by atoms with Gasteiger partial charge >= 0.3 is 156 Å². The van der Waals surface area contributed by atoms with Crippen LogP contribution in [0.15, 0.2) is 92.5 Å². The minimum atomic E-state index is -1.08. The van der Waals surface area contributed by atoms with Crippen LogP contribution in [0.2, 0.25) is 18.1 Å². The summed E-state index contributed by atoms with van der Waals surface area (Å²) in [6.45, 7) is 28.7. The summed E-state index contributed by atoms with van der Waals surface area (Å²) in [6.07, 6.45) is 10.9. The molecule has 0 radical (unpaired) electrons. The number of fused-ring (bicyclic) bond motifs is 1. The van der Waals surface area contributed by atoms with E-state index in [2.05, 4.69) is 141 Å². The summed E-state index contributed by atoms with van der Waals surface area (Å²) >= 11 is 10.1. The molecular weight excluding hydrogens is 767 g/mol. The number of hydrogen-bond donors (Lipinski definition) is 0. The molecule has 3 aromatic carbocycles. The predicted molar refractivity (Wildman–Crippen MR) is 227 cm³/mol. The van der Waals surface area contributed by atoms with Gasteiger partial charge in [0.1, 0.15) is 8.07 Å². The molecule has 1 nitrogen and oxygen atoms in total. The first-order chi connectivity index (χ1) is 24.1. The quantitative estimate of drug-likeness (QED) is 0.245. The molecule has 4 aliphatic rings. The molecule has 2 aliphatic carbocycles. The molecule has 2 unspecified atom stereocenters. The molecule has 2 atom stereocenters. The molecule has 0 N–H and O–H groups in total. The van der Waals surface area contributed by atoms with Gasteiger partial charge in [-0.2, -0.15) is 0 Å². The third kappa shape index (κ3) is 8.08. The van der Waals surface area contributed by atoms with E-state index in [-0.39, 0.29) is 22.0 Å². The van der Waals surface area contributed by atoms with Crippen molar-refractivity contribution < 1.29 is 29.8 Å². The third-order valence-electron chi connectivity index (χ3n) is 11.0. The number of hydrogen-bond acceptors (Lipinski definition) is 2. The van der Waals surface area contributed by atoms with E-state index >= 15 is 0 Å². The van der Waals surface area contributed by atoms with Gasteiger partial charge < -0.3 is 5.11 Å². The predicted octanol–water partition coefficient (Wildman–Crippen LogP) is 14.1. The summed E-state index contributed by atoms with van der Waals surface area (Å²) in [5.41, 5.74) is 10.5. The fourth-order valence-corrected chi connectivity index (χ4v) is 15.8. The maximum atomic E-state index is 11.9. The van der Waals surface area contributed by atoms with Gasteiger partial charge in [0.15, 0.2) is 0 Å². The summed E-state index contributed by atoms with van der Waals surface area (Å²) in [6, 6.07) is 19.5. The van der Waals surface area contributed by atoms with Crippen LogP contribution >= 0.6 is 23.4 Å². The second kappa shape index (κ2) is 15.4. The first kappa shape index (κ1) is 41.3. The van der Waals surface area contributed by atoms with Crippen molar-refractivity contribution in [3.8, 4) is 16.9 Å². The topological polar surface area (TPSA) is 23.1 Å². The van der Waals surface area contributed by atoms with Crippen LogP contribution in [0.4, 0.5) is 0 Å². The zero-order chi connectivity index (χ0) is 38.6. The molecule has 52 heavy (non-hydrogen) atoms. The fraction of sp³-hybridized carbons (Fsp3) is 0.447. The van der Waals surface area contributed by atoms with Crippen molar-refractivity contribution in [2.24, 2.45) is 5.92 Å². The first-order valence-electron chi connectivity index (χ1n) is 19.1. The molecule has 274 valence electrons. The van der Waals surface area contributed by atoms with E-state index in [9.17, 15) is 5.11 Å². The maximum absolute atomic E-state index is 11.9. The Morgan fingerprint density at radius 3 is 2.04 bits per heavy atom. The zero-order valence-corrected chi connectivity index (χ0v) is 38.9. The summed E-state index contributed by atoms with van der Waals surface area (Å²) in [7, 11) is -1.08. The molecule has 0 saturated carbocycles. The SMILES string of the molecule is CC(C)(C)c1ccc([O-])c(C(C)(C)C)c1Cl.CCC1=C2C3C(=CC=C3[Si]2(C)C)S1.CCCC1=Cc2c(-c3ccc(C(C)(C)C)cc3)cccc2[CH]1[Zr+]. The second-order valence-electron chi connectivity index (χ2n) is 18.4. The summed E-state index contributed by atoms with van der Waals surface area (Å²) in [4.78, 5) is 3.32. The Labute approximate surface area is 341 Å². The Hall–Kier alpha value is -1.84. The van der Waals surface area contributed by atoms with Crippen molar-refractivity contribution in [2.45, 2.75) is 128 Å². The van der Waals surface area contributed by atoms with E-state index in [1.54, 1.807) is 51.4 Å². The second-order valence-corrected chi connectivity index (χ2v) is 25.7. The van der Waals surface area contributed by atoms with Crippen LogP contribution < -0.4 is 5.11 Å². The molecule has 0 aromatic heterocycles.